The smallest absolute Gasteiger partial charge is 0.356 e. The lowest BCUT2D eigenvalue weighted by molar-refractivity contribution is -0.131. The van der Waals surface area contributed by atoms with E-state index in [0.29, 0.717) is 11.3 Å². The number of anilines is 1. The third-order valence-electron chi connectivity index (χ3n) is 5.81. The highest BCUT2D eigenvalue weighted by molar-refractivity contribution is 5.96. The van der Waals surface area contributed by atoms with E-state index in [1.54, 1.807) is 0 Å². The molecule has 1 amide bonds. The summed E-state index contributed by atoms with van der Waals surface area (Å²) < 4.78 is 38.6. The lowest BCUT2D eigenvalue weighted by Gasteiger charge is -2.25. The molecule has 0 radical (unpaired) electrons. The van der Waals surface area contributed by atoms with Crippen LogP contribution in [0.1, 0.15) is 48.3 Å². The summed E-state index contributed by atoms with van der Waals surface area (Å²) in [4.78, 5) is 28.7. The Bertz CT molecular complexity index is 993. The van der Waals surface area contributed by atoms with Gasteiger partial charge < -0.3 is 14.8 Å². The van der Waals surface area contributed by atoms with Gasteiger partial charge in [-0.05, 0) is 56.0 Å². The number of ether oxygens (including phenoxy) is 2. The van der Waals surface area contributed by atoms with Crippen LogP contribution in [0.3, 0.4) is 0 Å². The summed E-state index contributed by atoms with van der Waals surface area (Å²) >= 11 is 0. The highest BCUT2D eigenvalue weighted by Crippen LogP contribution is 2.47. The normalized spacial score (nSPS) is 22.6. The average molecular weight is 418 g/mol. The summed E-state index contributed by atoms with van der Waals surface area (Å²) in [5, 5.41) is 2.73. The van der Waals surface area contributed by atoms with Crippen LogP contribution in [0.15, 0.2) is 30.5 Å². The molecule has 30 heavy (non-hydrogen) atoms. The molecule has 3 atom stereocenters. The molecular formula is C22H24F2N2O4. The molecule has 0 unspecified atom stereocenters. The number of esters is 1. The molecule has 0 bridgehead atoms. The first-order chi connectivity index (χ1) is 14.1. The summed E-state index contributed by atoms with van der Waals surface area (Å²) in [5.74, 6) is -3.59. The van der Waals surface area contributed by atoms with Gasteiger partial charge in [0.05, 0.1) is 12.7 Å². The molecule has 6 nitrogen and oxygen atoms in total. The third kappa shape index (κ3) is 3.92. The van der Waals surface area contributed by atoms with E-state index >= 15 is 0 Å². The number of nitrogens with one attached hydrogen (secondary N) is 1. The lowest BCUT2D eigenvalue weighted by Crippen LogP contribution is -2.33. The van der Waals surface area contributed by atoms with Crippen LogP contribution in [0.5, 0.6) is 0 Å². The molecule has 0 spiro atoms. The van der Waals surface area contributed by atoms with E-state index in [-0.39, 0.29) is 17.2 Å². The summed E-state index contributed by atoms with van der Waals surface area (Å²) in [6.07, 6.45) is 0.439. The fraction of sp³-hybridized carbons (Fsp3) is 0.409. The number of carbonyl (C=O) groups is 2. The monoisotopic (exact) mass is 418 g/mol. The van der Waals surface area contributed by atoms with E-state index in [1.165, 1.54) is 38.4 Å². The van der Waals surface area contributed by atoms with Crippen LogP contribution in [0.25, 0.3) is 0 Å². The van der Waals surface area contributed by atoms with E-state index in [4.69, 9.17) is 4.74 Å². The van der Waals surface area contributed by atoms with Crippen LogP contribution >= 0.6 is 0 Å². The number of methoxy groups -OCH3 is 1. The van der Waals surface area contributed by atoms with Crippen molar-refractivity contribution in [2.24, 2.45) is 5.92 Å². The standard InChI is InChI=1S/C22H24F2N2O4/c1-11-14(6-7-15(23)18(11)24)17-12(2)22(3,4)30-19(17)20(27)26-13-8-9-25-16(10-13)21(28)29-5/h6-10,12,17,19H,1-5H3,(H,25,26,27)/t12-,17-,19-/m0/s1. The van der Waals surface area contributed by atoms with E-state index < -0.39 is 41.1 Å². The zero-order valence-corrected chi connectivity index (χ0v) is 17.5. The Morgan fingerprint density at radius 3 is 2.60 bits per heavy atom. The van der Waals surface area contributed by atoms with Crippen LogP contribution in [0.2, 0.25) is 0 Å². The number of carbonyl (C=O) groups excluding carboxylic acids is 2. The molecule has 1 aliphatic heterocycles. The number of hydrogen-bond acceptors (Lipinski definition) is 5. The molecular weight excluding hydrogens is 394 g/mol. The second-order valence-electron chi connectivity index (χ2n) is 7.94. The SMILES string of the molecule is COC(=O)c1cc(NC(=O)[C@H]2OC(C)(C)[C@@H](C)[C@H]2c2ccc(F)c(F)c2C)ccn1. The number of aromatic nitrogens is 1. The maximum absolute atomic E-state index is 14.2. The Balaban J connectivity index is 1.94. The average Bonchev–Trinajstić information content (AvgIpc) is 2.95. The van der Waals surface area contributed by atoms with Gasteiger partial charge in [0.25, 0.3) is 5.91 Å². The Kier molecular flexibility index (Phi) is 5.90. The molecule has 2 aromatic rings. The minimum absolute atomic E-state index is 0.0457. The van der Waals surface area contributed by atoms with E-state index in [0.717, 1.165) is 6.07 Å². The molecule has 0 aliphatic carbocycles. The largest absolute Gasteiger partial charge is 0.464 e. The van der Waals surface area contributed by atoms with Gasteiger partial charge in [-0.25, -0.2) is 18.6 Å². The number of pyridine rings is 1. The molecule has 8 heteroatoms. The Morgan fingerprint density at radius 2 is 1.93 bits per heavy atom. The second kappa shape index (κ2) is 8.10. The molecule has 160 valence electrons. The number of amides is 1. The van der Waals surface area contributed by atoms with Gasteiger partial charge >= 0.3 is 5.97 Å². The summed E-state index contributed by atoms with van der Waals surface area (Å²) in [6, 6.07) is 5.49. The van der Waals surface area contributed by atoms with Crippen molar-refractivity contribution in [2.75, 3.05) is 12.4 Å². The Labute approximate surface area is 173 Å². The van der Waals surface area contributed by atoms with Crippen molar-refractivity contribution in [3.8, 4) is 0 Å². The van der Waals surface area contributed by atoms with Crippen molar-refractivity contribution in [2.45, 2.75) is 45.3 Å². The van der Waals surface area contributed by atoms with Gasteiger partial charge in [-0.2, -0.15) is 0 Å². The quantitative estimate of drug-likeness (QED) is 0.760. The van der Waals surface area contributed by atoms with E-state index in [2.05, 4.69) is 15.0 Å². The van der Waals surface area contributed by atoms with Crippen molar-refractivity contribution in [1.29, 1.82) is 0 Å². The predicted molar refractivity (Wildman–Crippen MR) is 106 cm³/mol. The minimum Gasteiger partial charge on any atom is -0.464 e. The lowest BCUT2D eigenvalue weighted by atomic mass is 9.77. The van der Waals surface area contributed by atoms with Crippen LogP contribution in [-0.2, 0) is 14.3 Å². The zero-order chi connectivity index (χ0) is 22.2. The van der Waals surface area contributed by atoms with Crippen LogP contribution in [0.4, 0.5) is 14.5 Å². The summed E-state index contributed by atoms with van der Waals surface area (Å²) in [6.45, 7) is 7.12. The number of rotatable bonds is 4. The van der Waals surface area contributed by atoms with Crippen LogP contribution in [0, 0.1) is 24.5 Å². The van der Waals surface area contributed by atoms with Gasteiger partial charge in [-0.3, -0.25) is 4.79 Å². The van der Waals surface area contributed by atoms with Crippen molar-refractivity contribution < 1.29 is 27.8 Å². The summed E-state index contributed by atoms with van der Waals surface area (Å²) in [7, 11) is 1.24. The highest BCUT2D eigenvalue weighted by Gasteiger charge is 2.51. The van der Waals surface area contributed by atoms with E-state index in [1.807, 2.05) is 20.8 Å². The maximum Gasteiger partial charge on any atom is 0.356 e. The topological polar surface area (TPSA) is 77.5 Å². The van der Waals surface area contributed by atoms with Gasteiger partial charge in [0.15, 0.2) is 11.6 Å². The summed E-state index contributed by atoms with van der Waals surface area (Å²) in [5.41, 5.74) is 0.403. The molecule has 1 saturated heterocycles. The van der Waals surface area contributed by atoms with Crippen molar-refractivity contribution in [3.63, 3.8) is 0 Å². The first kappa shape index (κ1) is 21.8. The zero-order valence-electron chi connectivity index (χ0n) is 17.5. The fourth-order valence-electron chi connectivity index (χ4n) is 3.82. The molecule has 3 rings (SSSR count). The molecule has 1 aromatic carbocycles. The second-order valence-corrected chi connectivity index (χ2v) is 7.94. The van der Waals surface area contributed by atoms with Crippen LogP contribution < -0.4 is 5.32 Å². The minimum atomic E-state index is -0.937. The molecule has 1 N–H and O–H groups in total. The van der Waals surface area contributed by atoms with Gasteiger partial charge in [-0.1, -0.05) is 13.0 Å². The Morgan fingerprint density at radius 1 is 1.23 bits per heavy atom. The molecule has 2 heterocycles. The fourth-order valence-corrected chi connectivity index (χ4v) is 3.82. The van der Waals surface area contributed by atoms with Crippen LogP contribution in [-0.4, -0.2) is 35.7 Å². The highest BCUT2D eigenvalue weighted by atomic mass is 19.2. The third-order valence-corrected chi connectivity index (χ3v) is 5.81. The van der Waals surface area contributed by atoms with Crippen molar-refractivity contribution >= 4 is 17.6 Å². The van der Waals surface area contributed by atoms with E-state index in [9.17, 15) is 18.4 Å². The number of hydrogen-bond donors (Lipinski definition) is 1. The molecule has 1 fully saturated rings. The predicted octanol–water partition coefficient (Wildman–Crippen LogP) is 3.99. The van der Waals surface area contributed by atoms with Crippen molar-refractivity contribution in [3.05, 3.63) is 58.9 Å². The van der Waals surface area contributed by atoms with Gasteiger partial charge in [0.2, 0.25) is 0 Å². The molecule has 1 aromatic heterocycles. The molecule has 1 aliphatic rings. The number of halogens is 2. The molecule has 0 saturated carbocycles. The van der Waals surface area contributed by atoms with Gasteiger partial charge in [0.1, 0.15) is 11.8 Å². The Hall–Kier alpha value is -2.87. The van der Waals surface area contributed by atoms with Gasteiger partial charge in [-0.15, -0.1) is 0 Å². The first-order valence-corrected chi connectivity index (χ1v) is 9.54. The number of benzene rings is 1. The maximum atomic E-state index is 14.2. The first-order valence-electron chi connectivity index (χ1n) is 9.54. The van der Waals surface area contributed by atoms with Crippen molar-refractivity contribution in [1.82, 2.24) is 4.98 Å². The number of nitrogens with zero attached hydrogens (tertiary/aromatic N) is 1. The van der Waals surface area contributed by atoms with Gasteiger partial charge in [0, 0.05) is 17.8 Å².